The van der Waals surface area contributed by atoms with Gasteiger partial charge < -0.3 is 0 Å². The van der Waals surface area contributed by atoms with Crippen LogP contribution in [0, 0.1) is 0 Å². The first kappa shape index (κ1) is 39.7. The van der Waals surface area contributed by atoms with Crippen LogP contribution >= 0.6 is 0 Å². The Morgan fingerprint density at radius 2 is 0.441 bits per heavy atom. The molecule has 0 atom stereocenters. The minimum Gasteiger partial charge on any atom is -0.263 e. The summed E-state index contributed by atoms with van der Waals surface area (Å²) in [5.41, 5.74) is 24.0. The van der Waals surface area contributed by atoms with Gasteiger partial charge in [0.15, 0.2) is 0 Å². The summed E-state index contributed by atoms with van der Waals surface area (Å²) in [5.74, 6) is 0. The van der Waals surface area contributed by atoms with Crippen molar-refractivity contribution in [3.8, 4) is 66.8 Å². The van der Waals surface area contributed by atoms with Crippen molar-refractivity contribution < 1.29 is 0 Å². The zero-order valence-electron chi connectivity index (χ0n) is 37.4. The van der Waals surface area contributed by atoms with E-state index in [1.807, 2.05) is 12.4 Å². The second-order valence-electron chi connectivity index (χ2n) is 18.2. The van der Waals surface area contributed by atoms with E-state index in [0.29, 0.717) is 0 Å². The molecule has 0 aliphatic heterocycles. The van der Waals surface area contributed by atoms with E-state index in [-0.39, 0.29) is 0 Å². The molecule has 68 heavy (non-hydrogen) atoms. The molecule has 0 radical (unpaired) electrons. The fraction of sp³-hybridized carbons (Fsp3) is 0.0299. The van der Waals surface area contributed by atoms with Crippen LogP contribution in [0.2, 0.25) is 0 Å². The molecule has 0 unspecified atom stereocenters. The van der Waals surface area contributed by atoms with Gasteiger partial charge in [-0.2, -0.15) is 0 Å². The number of rotatable bonds is 8. The summed E-state index contributed by atoms with van der Waals surface area (Å²) in [6, 6.07) is 96.1. The lowest BCUT2D eigenvalue weighted by molar-refractivity contribution is 0.768. The largest absolute Gasteiger partial charge is 0.263 e. The van der Waals surface area contributed by atoms with E-state index in [1.54, 1.807) is 0 Å². The second-order valence-corrected chi connectivity index (χ2v) is 18.2. The van der Waals surface area contributed by atoms with Crippen LogP contribution in [0.1, 0.15) is 44.5 Å². The molecule has 11 aromatic rings. The third kappa shape index (κ3) is 6.06. The van der Waals surface area contributed by atoms with E-state index in [9.17, 15) is 0 Å². The van der Waals surface area contributed by atoms with Crippen LogP contribution in [0.3, 0.4) is 0 Å². The van der Waals surface area contributed by atoms with Crippen molar-refractivity contribution in [2.75, 3.05) is 0 Å². The average molecular weight is 864 g/mol. The Labute approximate surface area is 398 Å². The van der Waals surface area contributed by atoms with Gasteiger partial charge in [-0.15, -0.1) is 0 Å². The van der Waals surface area contributed by atoms with E-state index in [2.05, 4.69) is 261 Å². The van der Waals surface area contributed by atoms with Crippen LogP contribution < -0.4 is 0 Å². The van der Waals surface area contributed by atoms with Crippen molar-refractivity contribution in [3.05, 3.63) is 318 Å². The first-order valence-electron chi connectivity index (χ1n) is 23.6. The molecule has 0 amide bonds. The SMILES string of the molecule is c1ccc(C2(c3ccc(-c4ccc(-c5cncc(-c6ccc(-c7ccc(C8(c9ccccc9)c9ccccc9-c9ccccc98)cc7)cc6)c5)cc4)cc3)c3ccccc3-c3ccccc32)cc1. The molecule has 2 aliphatic rings. The minimum absolute atomic E-state index is 0.399. The highest BCUT2D eigenvalue weighted by atomic mass is 14.6. The lowest BCUT2D eigenvalue weighted by Gasteiger charge is -2.34. The van der Waals surface area contributed by atoms with Crippen LogP contribution in [0.25, 0.3) is 66.8 Å². The van der Waals surface area contributed by atoms with Crippen molar-refractivity contribution >= 4 is 0 Å². The van der Waals surface area contributed by atoms with Gasteiger partial charge in [-0.3, -0.25) is 4.98 Å². The van der Waals surface area contributed by atoms with Crippen LogP contribution in [-0.4, -0.2) is 4.98 Å². The summed E-state index contributed by atoms with van der Waals surface area (Å²) < 4.78 is 0. The van der Waals surface area contributed by atoms with Crippen LogP contribution in [0.15, 0.2) is 273 Å². The maximum absolute atomic E-state index is 4.72. The predicted octanol–water partition coefficient (Wildman–Crippen LogP) is 16.5. The molecule has 1 nitrogen and oxygen atoms in total. The maximum atomic E-state index is 4.72. The Kier molecular flexibility index (Phi) is 9.37. The molecule has 0 spiro atoms. The summed E-state index contributed by atoms with van der Waals surface area (Å²) in [5, 5.41) is 0. The van der Waals surface area contributed by atoms with Gasteiger partial charge in [0.2, 0.25) is 0 Å². The van der Waals surface area contributed by atoms with Gasteiger partial charge in [-0.05, 0) is 106 Å². The summed E-state index contributed by atoms with van der Waals surface area (Å²) in [7, 11) is 0. The highest BCUT2D eigenvalue weighted by molar-refractivity contribution is 5.88. The van der Waals surface area contributed by atoms with Gasteiger partial charge in [0.25, 0.3) is 0 Å². The van der Waals surface area contributed by atoms with E-state index in [4.69, 9.17) is 4.98 Å². The van der Waals surface area contributed by atoms with Gasteiger partial charge in [-0.25, -0.2) is 0 Å². The van der Waals surface area contributed by atoms with Crippen LogP contribution in [-0.2, 0) is 10.8 Å². The molecule has 10 aromatic carbocycles. The molecule has 0 fully saturated rings. The summed E-state index contributed by atoms with van der Waals surface area (Å²) in [4.78, 5) is 4.72. The van der Waals surface area contributed by atoms with Gasteiger partial charge in [0, 0.05) is 23.5 Å². The lowest BCUT2D eigenvalue weighted by Crippen LogP contribution is -2.28. The Balaban J connectivity index is 0.767. The number of fused-ring (bicyclic) bond motifs is 6. The molecule has 0 saturated heterocycles. The molecule has 0 bridgehead atoms. The zero-order valence-corrected chi connectivity index (χ0v) is 37.4. The molecule has 2 aliphatic carbocycles. The standard InChI is InChI=1S/C67H45N/c1-3-15-54(16-4-1)66(62-23-11-7-19-58(62)59-20-8-12-24-63(59)66)56-39-35-48(36-40-56)46-27-31-50(32-28-46)52-43-53(45-68-44-52)51-33-29-47(30-34-51)49-37-41-57(42-38-49)67(55-17-5-2-6-18-55)64-25-13-9-21-60(64)61-22-10-14-26-65(61)67/h1-45H. The summed E-state index contributed by atoms with van der Waals surface area (Å²) in [6.07, 6.45) is 3.93. The zero-order chi connectivity index (χ0) is 45.1. The van der Waals surface area contributed by atoms with Gasteiger partial charge in [-0.1, -0.05) is 255 Å². The number of hydrogen-bond donors (Lipinski definition) is 0. The Hall–Kier alpha value is -8.65. The van der Waals surface area contributed by atoms with Crippen molar-refractivity contribution in [3.63, 3.8) is 0 Å². The van der Waals surface area contributed by atoms with Gasteiger partial charge in [0.05, 0.1) is 10.8 Å². The van der Waals surface area contributed by atoms with E-state index in [0.717, 1.165) is 22.3 Å². The van der Waals surface area contributed by atoms with Crippen molar-refractivity contribution in [2.45, 2.75) is 10.8 Å². The maximum Gasteiger partial charge on any atom is 0.0713 e. The van der Waals surface area contributed by atoms with Gasteiger partial charge in [0.1, 0.15) is 0 Å². The molecule has 1 heterocycles. The molecule has 1 aromatic heterocycles. The number of pyridine rings is 1. The Morgan fingerprint density at radius 3 is 0.750 bits per heavy atom. The van der Waals surface area contributed by atoms with Crippen molar-refractivity contribution in [1.82, 2.24) is 4.98 Å². The van der Waals surface area contributed by atoms with Crippen molar-refractivity contribution in [1.29, 1.82) is 0 Å². The summed E-state index contributed by atoms with van der Waals surface area (Å²) in [6.45, 7) is 0. The van der Waals surface area contributed by atoms with Crippen LogP contribution in [0.5, 0.6) is 0 Å². The fourth-order valence-corrected chi connectivity index (χ4v) is 11.7. The number of benzene rings is 10. The normalized spacial score (nSPS) is 13.5. The van der Waals surface area contributed by atoms with E-state index in [1.165, 1.54) is 89.0 Å². The quantitative estimate of drug-likeness (QED) is 0.148. The first-order valence-corrected chi connectivity index (χ1v) is 23.6. The van der Waals surface area contributed by atoms with Gasteiger partial charge >= 0.3 is 0 Å². The predicted molar refractivity (Wildman–Crippen MR) is 281 cm³/mol. The topological polar surface area (TPSA) is 12.9 Å². The fourth-order valence-electron chi connectivity index (χ4n) is 11.7. The van der Waals surface area contributed by atoms with E-state index >= 15 is 0 Å². The molecular formula is C67H45N. The summed E-state index contributed by atoms with van der Waals surface area (Å²) >= 11 is 0. The first-order chi connectivity index (χ1) is 33.7. The minimum atomic E-state index is -0.399. The lowest BCUT2D eigenvalue weighted by atomic mass is 9.67. The highest BCUT2D eigenvalue weighted by Crippen LogP contribution is 2.57. The molecule has 13 rings (SSSR count). The highest BCUT2D eigenvalue weighted by Gasteiger charge is 2.47. The third-order valence-electron chi connectivity index (χ3n) is 14.8. The monoisotopic (exact) mass is 863 g/mol. The van der Waals surface area contributed by atoms with Crippen molar-refractivity contribution in [2.24, 2.45) is 0 Å². The smallest absolute Gasteiger partial charge is 0.0713 e. The number of hydrogen-bond acceptors (Lipinski definition) is 1. The number of aromatic nitrogens is 1. The second kappa shape index (κ2) is 16.0. The molecule has 0 saturated carbocycles. The molecule has 0 N–H and O–H groups in total. The molecule has 318 valence electrons. The van der Waals surface area contributed by atoms with E-state index < -0.39 is 10.8 Å². The third-order valence-corrected chi connectivity index (χ3v) is 14.8. The Morgan fingerprint density at radius 1 is 0.206 bits per heavy atom. The average Bonchev–Trinajstić information content (AvgIpc) is 3.90. The van der Waals surface area contributed by atoms with Crippen LogP contribution in [0.4, 0.5) is 0 Å². The molecular weight excluding hydrogens is 819 g/mol. The number of nitrogens with zero attached hydrogens (tertiary/aromatic N) is 1. The Bertz CT molecular complexity index is 3290. The molecule has 1 heteroatoms.